The summed E-state index contributed by atoms with van der Waals surface area (Å²) < 4.78 is 0.646. The Morgan fingerprint density at radius 3 is 2.58 bits per heavy atom. The average Bonchev–Trinajstić information content (AvgIpc) is 2.32. The first-order valence-corrected chi connectivity index (χ1v) is 6.88. The van der Waals surface area contributed by atoms with Crippen molar-refractivity contribution in [3.8, 4) is 0 Å². The standard InChI is InChI=1S/C13H15BrClNO3/c1-13(2,12(18)19)5-6-16-11(17)8-3-4-10(15)9(14)7-8/h3-4,7H,5-6H2,1-2H3,(H,16,17)(H,18,19). The molecule has 1 aromatic rings. The number of rotatable bonds is 5. The molecule has 2 N–H and O–H groups in total. The smallest absolute Gasteiger partial charge is 0.309 e. The molecule has 0 radical (unpaired) electrons. The molecular formula is C13H15BrClNO3. The fraction of sp³-hybridized carbons (Fsp3) is 0.385. The van der Waals surface area contributed by atoms with Crippen molar-refractivity contribution in [2.45, 2.75) is 20.3 Å². The average molecular weight is 349 g/mol. The number of aliphatic carboxylic acids is 1. The zero-order chi connectivity index (χ0) is 14.6. The predicted octanol–water partition coefficient (Wildman–Crippen LogP) is 3.33. The Morgan fingerprint density at radius 2 is 2.05 bits per heavy atom. The Balaban J connectivity index is 2.57. The number of hydrogen-bond donors (Lipinski definition) is 2. The fourth-order valence-electron chi connectivity index (χ4n) is 1.33. The van der Waals surface area contributed by atoms with Crippen LogP contribution < -0.4 is 5.32 Å². The number of carbonyl (C=O) groups excluding carboxylic acids is 1. The third-order valence-corrected chi connectivity index (χ3v) is 4.01. The van der Waals surface area contributed by atoms with Crippen LogP contribution in [-0.4, -0.2) is 23.5 Å². The molecule has 0 unspecified atom stereocenters. The van der Waals surface area contributed by atoms with Gasteiger partial charge in [-0.25, -0.2) is 0 Å². The van der Waals surface area contributed by atoms with E-state index in [4.69, 9.17) is 16.7 Å². The highest BCUT2D eigenvalue weighted by atomic mass is 79.9. The van der Waals surface area contributed by atoms with Crippen LogP contribution in [0.3, 0.4) is 0 Å². The molecule has 6 heteroatoms. The van der Waals surface area contributed by atoms with Crippen LogP contribution in [0, 0.1) is 5.41 Å². The SMILES string of the molecule is CC(C)(CCNC(=O)c1ccc(Cl)c(Br)c1)C(=O)O. The van der Waals surface area contributed by atoms with Crippen LogP contribution in [0.25, 0.3) is 0 Å². The second-order valence-electron chi connectivity index (χ2n) is 4.82. The summed E-state index contributed by atoms with van der Waals surface area (Å²) in [5, 5.41) is 12.2. The number of hydrogen-bond acceptors (Lipinski definition) is 2. The van der Waals surface area contributed by atoms with E-state index in [1.807, 2.05) is 0 Å². The number of carboxylic acid groups (broad SMARTS) is 1. The molecule has 0 atom stereocenters. The van der Waals surface area contributed by atoms with Crippen LogP contribution in [-0.2, 0) is 4.79 Å². The number of halogens is 2. The van der Waals surface area contributed by atoms with Crippen molar-refractivity contribution < 1.29 is 14.7 Å². The van der Waals surface area contributed by atoms with Gasteiger partial charge in [-0.3, -0.25) is 9.59 Å². The lowest BCUT2D eigenvalue weighted by molar-refractivity contribution is -0.147. The van der Waals surface area contributed by atoms with Crippen molar-refractivity contribution in [2.75, 3.05) is 6.54 Å². The molecule has 0 heterocycles. The van der Waals surface area contributed by atoms with Crippen LogP contribution in [0.15, 0.2) is 22.7 Å². The Bertz CT molecular complexity index is 503. The van der Waals surface area contributed by atoms with Crippen molar-refractivity contribution in [3.63, 3.8) is 0 Å². The molecular weight excluding hydrogens is 334 g/mol. The molecule has 19 heavy (non-hydrogen) atoms. The summed E-state index contributed by atoms with van der Waals surface area (Å²) in [5.41, 5.74) is -0.377. The second kappa shape index (κ2) is 6.39. The molecule has 0 saturated heterocycles. The Kier molecular flexibility index (Phi) is 5.38. The Hall–Kier alpha value is -1.07. The normalized spacial score (nSPS) is 11.2. The van der Waals surface area contributed by atoms with E-state index >= 15 is 0 Å². The summed E-state index contributed by atoms with van der Waals surface area (Å²) in [6.07, 6.45) is 0.364. The van der Waals surface area contributed by atoms with Crippen molar-refractivity contribution in [2.24, 2.45) is 5.41 Å². The lowest BCUT2D eigenvalue weighted by Crippen LogP contribution is -2.31. The minimum atomic E-state index is -0.879. The summed E-state index contributed by atoms with van der Waals surface area (Å²) >= 11 is 9.08. The molecule has 0 aliphatic rings. The van der Waals surface area contributed by atoms with E-state index in [-0.39, 0.29) is 5.91 Å². The molecule has 1 rings (SSSR count). The minimum Gasteiger partial charge on any atom is -0.481 e. The van der Waals surface area contributed by atoms with Gasteiger partial charge in [-0.1, -0.05) is 11.6 Å². The molecule has 0 aromatic heterocycles. The maximum absolute atomic E-state index is 11.8. The van der Waals surface area contributed by atoms with Gasteiger partial charge in [0.15, 0.2) is 0 Å². The molecule has 1 aromatic carbocycles. The van der Waals surface area contributed by atoms with E-state index in [0.717, 1.165) is 0 Å². The van der Waals surface area contributed by atoms with Gasteiger partial charge < -0.3 is 10.4 Å². The third-order valence-electron chi connectivity index (χ3n) is 2.80. The monoisotopic (exact) mass is 347 g/mol. The van der Waals surface area contributed by atoms with Crippen LogP contribution in [0.1, 0.15) is 30.6 Å². The van der Waals surface area contributed by atoms with Crippen molar-refractivity contribution in [1.82, 2.24) is 5.32 Å². The van der Waals surface area contributed by atoms with E-state index in [0.29, 0.717) is 28.0 Å². The summed E-state index contributed by atoms with van der Waals surface area (Å²) in [5.74, 6) is -1.13. The van der Waals surface area contributed by atoms with Gasteiger partial charge in [0.2, 0.25) is 0 Å². The third kappa shape index (κ3) is 4.51. The van der Waals surface area contributed by atoms with E-state index < -0.39 is 11.4 Å². The van der Waals surface area contributed by atoms with Crippen LogP contribution >= 0.6 is 27.5 Å². The van der Waals surface area contributed by atoms with E-state index in [1.54, 1.807) is 32.0 Å². The number of benzene rings is 1. The molecule has 104 valence electrons. The highest BCUT2D eigenvalue weighted by Gasteiger charge is 2.26. The first kappa shape index (κ1) is 16.0. The van der Waals surface area contributed by atoms with E-state index in [1.165, 1.54) is 0 Å². The topological polar surface area (TPSA) is 66.4 Å². The maximum Gasteiger partial charge on any atom is 0.309 e. The highest BCUT2D eigenvalue weighted by molar-refractivity contribution is 9.10. The largest absolute Gasteiger partial charge is 0.481 e. The molecule has 0 saturated carbocycles. The molecule has 0 bridgehead atoms. The Labute approximate surface area is 125 Å². The molecule has 0 aliphatic heterocycles. The highest BCUT2D eigenvalue weighted by Crippen LogP contribution is 2.23. The number of amides is 1. The van der Waals surface area contributed by atoms with Gasteiger partial charge in [0, 0.05) is 16.6 Å². The van der Waals surface area contributed by atoms with Gasteiger partial charge in [-0.2, -0.15) is 0 Å². The van der Waals surface area contributed by atoms with Gasteiger partial charge in [0.25, 0.3) is 5.91 Å². The quantitative estimate of drug-likeness (QED) is 0.857. The summed E-state index contributed by atoms with van der Waals surface area (Å²) in [7, 11) is 0. The summed E-state index contributed by atoms with van der Waals surface area (Å²) in [6.45, 7) is 3.55. The van der Waals surface area contributed by atoms with Crippen molar-refractivity contribution >= 4 is 39.4 Å². The molecule has 0 fully saturated rings. The predicted molar refractivity (Wildman–Crippen MR) is 77.5 cm³/mol. The zero-order valence-electron chi connectivity index (χ0n) is 10.7. The van der Waals surface area contributed by atoms with Crippen molar-refractivity contribution in [3.05, 3.63) is 33.3 Å². The molecule has 0 aliphatic carbocycles. The first-order chi connectivity index (χ1) is 8.74. The van der Waals surface area contributed by atoms with Gasteiger partial charge in [-0.05, 0) is 54.4 Å². The van der Waals surface area contributed by atoms with Gasteiger partial charge in [-0.15, -0.1) is 0 Å². The van der Waals surface area contributed by atoms with E-state index in [9.17, 15) is 9.59 Å². The van der Waals surface area contributed by atoms with Gasteiger partial charge >= 0.3 is 5.97 Å². The van der Waals surface area contributed by atoms with E-state index in [2.05, 4.69) is 21.2 Å². The van der Waals surface area contributed by atoms with Crippen LogP contribution in [0.5, 0.6) is 0 Å². The number of carboxylic acids is 1. The summed E-state index contributed by atoms with van der Waals surface area (Å²) in [4.78, 5) is 22.8. The molecule has 4 nitrogen and oxygen atoms in total. The number of carbonyl (C=O) groups is 2. The zero-order valence-corrected chi connectivity index (χ0v) is 13.0. The lowest BCUT2D eigenvalue weighted by Gasteiger charge is -2.18. The Morgan fingerprint density at radius 1 is 1.42 bits per heavy atom. The fourth-order valence-corrected chi connectivity index (χ4v) is 1.83. The van der Waals surface area contributed by atoms with Gasteiger partial charge in [0.05, 0.1) is 10.4 Å². The minimum absolute atomic E-state index is 0.251. The summed E-state index contributed by atoms with van der Waals surface area (Å²) in [6, 6.07) is 4.87. The number of nitrogens with one attached hydrogen (secondary N) is 1. The van der Waals surface area contributed by atoms with Gasteiger partial charge in [0.1, 0.15) is 0 Å². The maximum atomic E-state index is 11.8. The molecule has 0 spiro atoms. The van der Waals surface area contributed by atoms with Crippen molar-refractivity contribution in [1.29, 1.82) is 0 Å². The van der Waals surface area contributed by atoms with Crippen LogP contribution in [0.2, 0.25) is 5.02 Å². The van der Waals surface area contributed by atoms with Crippen LogP contribution in [0.4, 0.5) is 0 Å². The lowest BCUT2D eigenvalue weighted by atomic mass is 9.90. The first-order valence-electron chi connectivity index (χ1n) is 5.70. The molecule has 1 amide bonds. The second-order valence-corrected chi connectivity index (χ2v) is 6.09.